The number of hydrogen-bond donors (Lipinski definition) is 3. The van der Waals surface area contributed by atoms with Crippen LogP contribution in [-0.4, -0.2) is 16.1 Å². The number of aromatic hydroxyl groups is 2. The van der Waals surface area contributed by atoms with Crippen molar-refractivity contribution in [2.75, 3.05) is 5.32 Å². The highest BCUT2D eigenvalue weighted by molar-refractivity contribution is 6.06. The maximum absolute atomic E-state index is 12.2. The summed E-state index contributed by atoms with van der Waals surface area (Å²) in [4.78, 5) is 12.2. The van der Waals surface area contributed by atoms with Gasteiger partial charge in [0.05, 0.1) is 5.56 Å². The molecule has 0 saturated carbocycles. The number of phenols is 2. The van der Waals surface area contributed by atoms with Crippen LogP contribution in [0, 0.1) is 0 Å². The summed E-state index contributed by atoms with van der Waals surface area (Å²) in [5.74, 6) is -0.594. The van der Waals surface area contributed by atoms with E-state index >= 15 is 0 Å². The second-order valence-corrected chi connectivity index (χ2v) is 4.90. The highest BCUT2D eigenvalue weighted by Crippen LogP contribution is 2.32. The molecule has 0 saturated heterocycles. The first-order valence-corrected chi connectivity index (χ1v) is 6.41. The molecule has 20 heavy (non-hydrogen) atoms. The van der Waals surface area contributed by atoms with Crippen LogP contribution < -0.4 is 5.32 Å². The molecule has 0 spiro atoms. The first kappa shape index (κ1) is 13.9. The van der Waals surface area contributed by atoms with E-state index in [9.17, 15) is 15.0 Å². The number of hydrogen-bond acceptors (Lipinski definition) is 3. The van der Waals surface area contributed by atoms with Crippen molar-refractivity contribution in [2.24, 2.45) is 0 Å². The first-order valence-electron chi connectivity index (χ1n) is 6.41. The van der Waals surface area contributed by atoms with E-state index in [1.165, 1.54) is 12.1 Å². The third kappa shape index (κ3) is 2.91. The molecule has 4 nitrogen and oxygen atoms in total. The van der Waals surface area contributed by atoms with Gasteiger partial charge >= 0.3 is 0 Å². The summed E-state index contributed by atoms with van der Waals surface area (Å²) in [6.07, 6.45) is 0. The van der Waals surface area contributed by atoms with Gasteiger partial charge in [-0.2, -0.15) is 0 Å². The van der Waals surface area contributed by atoms with Gasteiger partial charge in [0.1, 0.15) is 11.5 Å². The molecule has 0 heterocycles. The van der Waals surface area contributed by atoms with Crippen molar-refractivity contribution in [3.05, 3.63) is 53.6 Å². The van der Waals surface area contributed by atoms with E-state index in [4.69, 9.17) is 0 Å². The molecule has 0 aromatic heterocycles. The van der Waals surface area contributed by atoms with E-state index in [2.05, 4.69) is 5.32 Å². The Hall–Kier alpha value is -2.49. The minimum atomic E-state index is -0.407. The van der Waals surface area contributed by atoms with E-state index in [0.29, 0.717) is 11.3 Å². The Kier molecular flexibility index (Phi) is 3.94. The number of nitrogens with one attached hydrogen (secondary N) is 1. The third-order valence-electron chi connectivity index (χ3n) is 3.04. The zero-order valence-electron chi connectivity index (χ0n) is 11.4. The molecule has 2 aromatic rings. The van der Waals surface area contributed by atoms with Gasteiger partial charge in [-0.15, -0.1) is 0 Å². The normalized spacial score (nSPS) is 10.6. The van der Waals surface area contributed by atoms with Gasteiger partial charge in [-0.3, -0.25) is 4.79 Å². The molecule has 0 unspecified atom stereocenters. The molecule has 4 heteroatoms. The molecule has 0 aliphatic rings. The van der Waals surface area contributed by atoms with Crippen molar-refractivity contribution in [3.8, 4) is 11.5 Å². The molecule has 0 radical (unpaired) electrons. The topological polar surface area (TPSA) is 69.6 Å². The third-order valence-corrected chi connectivity index (χ3v) is 3.04. The minimum absolute atomic E-state index is 0.00578. The number of rotatable bonds is 3. The Bertz CT molecular complexity index is 621. The van der Waals surface area contributed by atoms with E-state index in [-0.39, 0.29) is 23.0 Å². The van der Waals surface area contributed by atoms with Crippen LogP contribution in [0.1, 0.15) is 35.7 Å². The molecular formula is C16H17NO3. The Labute approximate surface area is 117 Å². The smallest absolute Gasteiger partial charge is 0.259 e. The van der Waals surface area contributed by atoms with Crippen LogP contribution in [0.4, 0.5) is 5.69 Å². The largest absolute Gasteiger partial charge is 0.508 e. The Morgan fingerprint density at radius 2 is 1.70 bits per heavy atom. The highest BCUT2D eigenvalue weighted by atomic mass is 16.3. The standard InChI is InChI=1S/C16H17NO3/c1-10(2)12-8-13(15(19)9-14(12)18)16(20)17-11-6-4-3-5-7-11/h3-10,18-19H,1-2H3,(H,17,20). The first-order chi connectivity index (χ1) is 9.49. The lowest BCUT2D eigenvalue weighted by Gasteiger charge is -2.12. The molecule has 104 valence electrons. The number of para-hydroxylation sites is 1. The maximum Gasteiger partial charge on any atom is 0.259 e. The van der Waals surface area contributed by atoms with Crippen molar-refractivity contribution >= 4 is 11.6 Å². The summed E-state index contributed by atoms with van der Waals surface area (Å²) in [5, 5.41) is 22.3. The van der Waals surface area contributed by atoms with E-state index in [0.717, 1.165) is 0 Å². The van der Waals surface area contributed by atoms with E-state index in [1.807, 2.05) is 32.0 Å². The summed E-state index contributed by atoms with van der Waals surface area (Å²) < 4.78 is 0. The van der Waals surface area contributed by atoms with Gasteiger partial charge in [-0.1, -0.05) is 32.0 Å². The van der Waals surface area contributed by atoms with Crippen LogP contribution in [0.15, 0.2) is 42.5 Å². The molecule has 0 bridgehead atoms. The number of anilines is 1. The van der Waals surface area contributed by atoms with Crippen LogP contribution in [-0.2, 0) is 0 Å². The van der Waals surface area contributed by atoms with Crippen molar-refractivity contribution in [3.63, 3.8) is 0 Å². The van der Waals surface area contributed by atoms with Crippen molar-refractivity contribution in [2.45, 2.75) is 19.8 Å². The molecule has 3 N–H and O–H groups in total. The zero-order chi connectivity index (χ0) is 14.7. The molecule has 0 atom stereocenters. The predicted octanol–water partition coefficient (Wildman–Crippen LogP) is 3.47. The number of carbonyl (C=O) groups excluding carboxylic acids is 1. The van der Waals surface area contributed by atoms with Crippen molar-refractivity contribution < 1.29 is 15.0 Å². The lowest BCUT2D eigenvalue weighted by atomic mass is 9.98. The SMILES string of the molecule is CC(C)c1cc(C(=O)Nc2ccccc2)c(O)cc1O. The molecule has 2 aromatic carbocycles. The van der Waals surface area contributed by atoms with Crippen LogP contribution in [0.25, 0.3) is 0 Å². The van der Waals surface area contributed by atoms with Crippen LogP contribution in [0.3, 0.4) is 0 Å². The molecule has 0 aliphatic carbocycles. The van der Waals surface area contributed by atoms with Gasteiger partial charge in [0.15, 0.2) is 0 Å². The van der Waals surface area contributed by atoms with Gasteiger partial charge in [-0.25, -0.2) is 0 Å². The quantitative estimate of drug-likeness (QED) is 0.800. The zero-order valence-corrected chi connectivity index (χ0v) is 11.4. The lowest BCUT2D eigenvalue weighted by Crippen LogP contribution is -2.12. The Morgan fingerprint density at radius 3 is 2.30 bits per heavy atom. The van der Waals surface area contributed by atoms with Crippen molar-refractivity contribution in [1.82, 2.24) is 0 Å². The minimum Gasteiger partial charge on any atom is -0.508 e. The Balaban J connectivity index is 2.32. The fourth-order valence-electron chi connectivity index (χ4n) is 1.96. The van der Waals surface area contributed by atoms with Gasteiger partial charge in [0.25, 0.3) is 5.91 Å². The fourth-order valence-corrected chi connectivity index (χ4v) is 1.96. The predicted molar refractivity (Wildman–Crippen MR) is 78.3 cm³/mol. The average molecular weight is 271 g/mol. The summed E-state index contributed by atoms with van der Waals surface area (Å²) in [6.45, 7) is 3.82. The Morgan fingerprint density at radius 1 is 1.05 bits per heavy atom. The van der Waals surface area contributed by atoms with Crippen LogP contribution >= 0.6 is 0 Å². The fraction of sp³-hybridized carbons (Fsp3) is 0.188. The molecule has 1 amide bonds. The average Bonchev–Trinajstić information content (AvgIpc) is 2.39. The number of carbonyl (C=O) groups is 1. The monoisotopic (exact) mass is 271 g/mol. The lowest BCUT2D eigenvalue weighted by molar-refractivity contribution is 0.102. The van der Waals surface area contributed by atoms with E-state index in [1.54, 1.807) is 12.1 Å². The number of benzene rings is 2. The highest BCUT2D eigenvalue weighted by Gasteiger charge is 2.16. The number of phenolic OH excluding ortho intramolecular Hbond substituents is 2. The van der Waals surface area contributed by atoms with E-state index < -0.39 is 5.91 Å². The maximum atomic E-state index is 12.2. The second-order valence-electron chi connectivity index (χ2n) is 4.90. The molecule has 2 rings (SSSR count). The number of amides is 1. The second kappa shape index (κ2) is 5.65. The summed E-state index contributed by atoms with van der Waals surface area (Å²) in [6, 6.07) is 11.7. The molecule has 0 fully saturated rings. The van der Waals surface area contributed by atoms with Gasteiger partial charge in [0, 0.05) is 11.8 Å². The van der Waals surface area contributed by atoms with Crippen LogP contribution in [0.5, 0.6) is 11.5 Å². The summed E-state index contributed by atoms with van der Waals surface area (Å²) in [7, 11) is 0. The van der Waals surface area contributed by atoms with Crippen LogP contribution in [0.2, 0.25) is 0 Å². The molecule has 0 aliphatic heterocycles. The van der Waals surface area contributed by atoms with Crippen molar-refractivity contribution in [1.29, 1.82) is 0 Å². The van der Waals surface area contributed by atoms with Gasteiger partial charge in [-0.05, 0) is 29.7 Å². The summed E-state index contributed by atoms with van der Waals surface area (Å²) >= 11 is 0. The molecular weight excluding hydrogens is 254 g/mol. The van der Waals surface area contributed by atoms with Gasteiger partial charge < -0.3 is 15.5 Å². The van der Waals surface area contributed by atoms with Gasteiger partial charge in [0.2, 0.25) is 0 Å². The summed E-state index contributed by atoms with van der Waals surface area (Å²) in [5.41, 5.74) is 1.42.